The number of nitrogens with zero attached hydrogens (tertiary/aromatic N) is 1. The zero-order valence-electron chi connectivity index (χ0n) is 5.03. The van der Waals surface area contributed by atoms with Gasteiger partial charge in [0.2, 0.25) is 0 Å². The van der Waals surface area contributed by atoms with E-state index in [1.807, 2.05) is 0 Å². The van der Waals surface area contributed by atoms with Gasteiger partial charge in [-0.3, -0.25) is 14.9 Å². The highest BCUT2D eigenvalue weighted by molar-refractivity contribution is 9.09. The first-order valence-corrected chi connectivity index (χ1v) is 3.60. The van der Waals surface area contributed by atoms with Gasteiger partial charge in [0.15, 0.2) is 6.79 Å². The SMILES string of the molecule is O=[N+]([O-])C1OCOCC1Br. The van der Waals surface area contributed by atoms with Gasteiger partial charge < -0.3 is 4.74 Å². The van der Waals surface area contributed by atoms with E-state index in [0.717, 1.165) is 0 Å². The number of rotatable bonds is 1. The van der Waals surface area contributed by atoms with Crippen LogP contribution in [0.25, 0.3) is 0 Å². The Kier molecular flexibility index (Phi) is 2.58. The molecule has 58 valence electrons. The number of hydrogen-bond donors (Lipinski definition) is 0. The van der Waals surface area contributed by atoms with E-state index >= 15 is 0 Å². The van der Waals surface area contributed by atoms with Crippen LogP contribution in [0.15, 0.2) is 0 Å². The third-order valence-corrected chi connectivity index (χ3v) is 1.83. The lowest BCUT2D eigenvalue weighted by molar-refractivity contribution is -0.586. The van der Waals surface area contributed by atoms with E-state index in [-0.39, 0.29) is 11.6 Å². The molecule has 0 amide bonds. The Morgan fingerprint density at radius 1 is 1.70 bits per heavy atom. The Hall–Kier alpha value is -0.200. The van der Waals surface area contributed by atoms with Crippen molar-refractivity contribution in [2.75, 3.05) is 13.4 Å². The summed E-state index contributed by atoms with van der Waals surface area (Å²) in [6.07, 6.45) is -0.964. The monoisotopic (exact) mass is 211 g/mol. The molecule has 0 spiro atoms. The van der Waals surface area contributed by atoms with Crippen LogP contribution in [0.4, 0.5) is 0 Å². The molecule has 5 nitrogen and oxygen atoms in total. The van der Waals surface area contributed by atoms with Crippen molar-refractivity contribution in [3.63, 3.8) is 0 Å². The topological polar surface area (TPSA) is 61.6 Å². The maximum atomic E-state index is 10.2. The summed E-state index contributed by atoms with van der Waals surface area (Å²) >= 11 is 3.06. The third kappa shape index (κ3) is 1.65. The minimum Gasteiger partial charge on any atom is -0.354 e. The molecule has 2 unspecified atom stereocenters. The molecule has 0 N–H and O–H groups in total. The molecule has 10 heavy (non-hydrogen) atoms. The van der Waals surface area contributed by atoms with Crippen LogP contribution in [0.1, 0.15) is 0 Å². The van der Waals surface area contributed by atoms with Crippen LogP contribution < -0.4 is 0 Å². The quantitative estimate of drug-likeness (QED) is 0.357. The summed E-state index contributed by atoms with van der Waals surface area (Å²) in [7, 11) is 0. The Morgan fingerprint density at radius 2 is 2.40 bits per heavy atom. The Labute approximate surface area is 65.6 Å². The van der Waals surface area contributed by atoms with E-state index in [9.17, 15) is 10.1 Å². The van der Waals surface area contributed by atoms with Gasteiger partial charge in [0.05, 0.1) is 11.5 Å². The molecule has 1 saturated heterocycles. The predicted molar refractivity (Wildman–Crippen MR) is 35.4 cm³/mol. The van der Waals surface area contributed by atoms with Crippen LogP contribution in [0.2, 0.25) is 0 Å². The molecule has 0 radical (unpaired) electrons. The molecule has 6 heteroatoms. The summed E-state index contributed by atoms with van der Waals surface area (Å²) in [6.45, 7) is 0.333. The van der Waals surface area contributed by atoms with Crippen LogP contribution in [-0.2, 0) is 9.47 Å². The molecule has 1 aliphatic heterocycles. The van der Waals surface area contributed by atoms with E-state index in [0.29, 0.717) is 6.61 Å². The second-order valence-electron chi connectivity index (χ2n) is 1.85. The molecule has 1 rings (SSSR count). The minimum absolute atomic E-state index is 0.00769. The normalized spacial score (nSPS) is 33.7. The molecular formula is C4H6BrNO4. The Bertz CT molecular complexity index is 141. The van der Waals surface area contributed by atoms with Gasteiger partial charge in [0, 0.05) is 0 Å². The lowest BCUT2D eigenvalue weighted by Gasteiger charge is -2.20. The zero-order chi connectivity index (χ0) is 7.56. The maximum Gasteiger partial charge on any atom is 0.332 e. The van der Waals surface area contributed by atoms with Crippen LogP contribution in [0, 0.1) is 10.1 Å². The van der Waals surface area contributed by atoms with Crippen molar-refractivity contribution in [2.24, 2.45) is 0 Å². The van der Waals surface area contributed by atoms with Crippen LogP contribution in [0.5, 0.6) is 0 Å². The lowest BCUT2D eigenvalue weighted by atomic mass is 10.4. The van der Waals surface area contributed by atoms with Gasteiger partial charge in [-0.25, -0.2) is 0 Å². The third-order valence-electron chi connectivity index (χ3n) is 1.12. The summed E-state index contributed by atoms with van der Waals surface area (Å²) in [5.41, 5.74) is 0. The minimum atomic E-state index is -0.964. The van der Waals surface area contributed by atoms with Crippen LogP contribution in [0.3, 0.4) is 0 Å². The van der Waals surface area contributed by atoms with Crippen LogP contribution >= 0.6 is 15.9 Å². The van der Waals surface area contributed by atoms with Gasteiger partial charge >= 0.3 is 6.23 Å². The first kappa shape index (κ1) is 7.90. The lowest BCUT2D eigenvalue weighted by Crippen LogP contribution is -2.40. The van der Waals surface area contributed by atoms with Gasteiger partial charge in [0.1, 0.15) is 4.83 Å². The number of hydrogen-bond acceptors (Lipinski definition) is 4. The Balaban J connectivity index is 2.47. The smallest absolute Gasteiger partial charge is 0.332 e. The number of nitro groups is 1. The van der Waals surface area contributed by atoms with E-state index in [2.05, 4.69) is 20.7 Å². The fourth-order valence-corrected chi connectivity index (χ4v) is 1.19. The molecule has 0 saturated carbocycles. The highest BCUT2D eigenvalue weighted by Gasteiger charge is 2.33. The van der Waals surface area contributed by atoms with E-state index in [1.54, 1.807) is 0 Å². The second-order valence-corrected chi connectivity index (χ2v) is 3.02. The summed E-state index contributed by atoms with van der Waals surface area (Å²) in [6, 6.07) is 0. The fourth-order valence-electron chi connectivity index (χ4n) is 0.658. The maximum absolute atomic E-state index is 10.2. The van der Waals surface area contributed by atoms with Gasteiger partial charge in [-0.05, 0) is 0 Å². The first-order chi connectivity index (χ1) is 4.72. The molecule has 1 heterocycles. The van der Waals surface area contributed by atoms with Crippen LogP contribution in [-0.4, -0.2) is 29.4 Å². The predicted octanol–water partition coefficient (Wildman–Crippen LogP) is 0.357. The van der Waals surface area contributed by atoms with E-state index < -0.39 is 11.2 Å². The number of ether oxygens (including phenoxy) is 2. The van der Waals surface area contributed by atoms with E-state index in [4.69, 9.17) is 4.74 Å². The van der Waals surface area contributed by atoms with Crippen molar-refractivity contribution in [1.29, 1.82) is 0 Å². The average Bonchev–Trinajstić information content (AvgIpc) is 1.88. The molecule has 1 aliphatic rings. The molecule has 1 fully saturated rings. The van der Waals surface area contributed by atoms with Crippen molar-refractivity contribution in [2.45, 2.75) is 11.1 Å². The first-order valence-electron chi connectivity index (χ1n) is 2.68. The highest BCUT2D eigenvalue weighted by Crippen LogP contribution is 2.14. The second kappa shape index (κ2) is 3.27. The van der Waals surface area contributed by atoms with Gasteiger partial charge in [0.25, 0.3) is 0 Å². The van der Waals surface area contributed by atoms with Crippen molar-refractivity contribution in [3.8, 4) is 0 Å². The fraction of sp³-hybridized carbons (Fsp3) is 1.00. The van der Waals surface area contributed by atoms with Crippen molar-refractivity contribution in [1.82, 2.24) is 0 Å². The summed E-state index contributed by atoms with van der Waals surface area (Å²) in [5.74, 6) is 0. The molecule has 0 aromatic rings. The average molecular weight is 212 g/mol. The van der Waals surface area contributed by atoms with Crippen molar-refractivity contribution in [3.05, 3.63) is 10.1 Å². The standard InChI is InChI=1S/C4H6BrNO4/c5-3-1-9-2-10-4(3)6(7)8/h3-4H,1-2H2. The number of alkyl halides is 1. The van der Waals surface area contributed by atoms with E-state index in [1.165, 1.54) is 0 Å². The van der Waals surface area contributed by atoms with Gasteiger partial charge in [-0.1, -0.05) is 15.9 Å². The number of halogens is 1. The highest BCUT2D eigenvalue weighted by atomic mass is 79.9. The van der Waals surface area contributed by atoms with Gasteiger partial charge in [-0.2, -0.15) is 0 Å². The Morgan fingerprint density at radius 3 is 2.80 bits per heavy atom. The zero-order valence-corrected chi connectivity index (χ0v) is 6.61. The molecule has 0 aromatic heterocycles. The summed E-state index contributed by atoms with van der Waals surface area (Å²) < 4.78 is 9.47. The van der Waals surface area contributed by atoms with Gasteiger partial charge in [-0.15, -0.1) is 0 Å². The summed E-state index contributed by atoms with van der Waals surface area (Å²) in [4.78, 5) is 9.35. The largest absolute Gasteiger partial charge is 0.354 e. The molecule has 0 aromatic carbocycles. The van der Waals surface area contributed by atoms with Crippen molar-refractivity contribution >= 4 is 15.9 Å². The molecular weight excluding hydrogens is 206 g/mol. The molecule has 0 aliphatic carbocycles. The molecule has 0 bridgehead atoms. The summed E-state index contributed by atoms with van der Waals surface area (Å²) in [5, 5.41) is 10.2. The van der Waals surface area contributed by atoms with Crippen molar-refractivity contribution < 1.29 is 14.4 Å². The molecule has 2 atom stereocenters.